The number of allylic oxidation sites excluding steroid dienone is 3. The zero-order valence-electron chi connectivity index (χ0n) is 33.6. The van der Waals surface area contributed by atoms with Crippen LogP contribution in [-0.2, 0) is 19.1 Å². The van der Waals surface area contributed by atoms with Crippen molar-refractivity contribution in [2.75, 3.05) is 19.5 Å². The number of aromatic nitrogens is 2. The normalized spacial score (nSPS) is 28.0. The molecule has 2 aromatic heterocycles. The first-order chi connectivity index (χ1) is 26.4. The van der Waals surface area contributed by atoms with E-state index in [2.05, 4.69) is 5.32 Å². The zero-order valence-corrected chi connectivity index (χ0v) is 33.6. The number of benzene rings is 2. The van der Waals surface area contributed by atoms with Crippen molar-refractivity contribution in [3.05, 3.63) is 71.0 Å². The first kappa shape index (κ1) is 41.9. The number of ketones is 1. The number of nitrogens with one attached hydrogen (secondary N) is 1. The molecule has 3 heterocycles. The van der Waals surface area contributed by atoms with Crippen LogP contribution in [0.2, 0.25) is 0 Å². The highest BCUT2D eigenvalue weighted by molar-refractivity contribution is 6.26. The number of phenols is 2. The molecule has 300 valence electrons. The Bertz CT molecular complexity index is 2270. The van der Waals surface area contributed by atoms with Crippen LogP contribution in [0.3, 0.4) is 0 Å². The number of anilines is 1. The molecular weight excluding hydrogens is 718 g/mol. The molecule has 56 heavy (non-hydrogen) atoms. The molecule has 13 nitrogen and oxygen atoms in total. The monoisotopic (exact) mass is 771 g/mol. The van der Waals surface area contributed by atoms with Crippen LogP contribution in [0, 0.1) is 37.5 Å². The van der Waals surface area contributed by atoms with Gasteiger partial charge in [0.1, 0.15) is 40.0 Å². The first-order valence-corrected chi connectivity index (χ1v) is 18.7. The summed E-state index contributed by atoms with van der Waals surface area (Å²) in [7, 11) is 2.87. The van der Waals surface area contributed by atoms with Crippen molar-refractivity contribution in [1.29, 1.82) is 0 Å². The van der Waals surface area contributed by atoms with Crippen molar-refractivity contribution in [2.24, 2.45) is 23.7 Å². The molecule has 4 aromatic rings. The fourth-order valence-electron chi connectivity index (χ4n) is 7.83. The molecule has 0 aliphatic carbocycles. The van der Waals surface area contributed by atoms with Gasteiger partial charge in [-0.05, 0) is 38.5 Å². The van der Waals surface area contributed by atoms with Gasteiger partial charge in [-0.1, -0.05) is 58.1 Å². The minimum atomic E-state index is -1.09. The van der Waals surface area contributed by atoms with Crippen LogP contribution in [0.25, 0.3) is 27.5 Å². The lowest BCUT2D eigenvalue weighted by Gasteiger charge is -2.38. The number of nitrogens with zero attached hydrogens (tertiary/aromatic N) is 2. The number of rotatable bonds is 3. The van der Waals surface area contributed by atoms with Crippen LogP contribution in [0.15, 0.2) is 54.3 Å². The number of phenolic OH excluding ortho intramolecular Hbond substituents is 2. The molecule has 2 aromatic carbocycles. The number of amides is 1. The number of Topliss-reactive ketones (excluding diaryl/α,β-unsaturated/α-hetero) is 1. The van der Waals surface area contributed by atoms with Gasteiger partial charge in [-0.15, -0.1) is 0 Å². The lowest BCUT2D eigenvalue weighted by Crippen LogP contribution is -2.46. The van der Waals surface area contributed by atoms with Gasteiger partial charge in [0.2, 0.25) is 0 Å². The average molecular weight is 772 g/mol. The van der Waals surface area contributed by atoms with Crippen LogP contribution >= 0.6 is 0 Å². The lowest BCUT2D eigenvalue weighted by molar-refractivity contribution is -0.160. The van der Waals surface area contributed by atoms with Crippen LogP contribution in [0.1, 0.15) is 69.4 Å². The van der Waals surface area contributed by atoms with E-state index in [0.717, 1.165) is 5.56 Å². The van der Waals surface area contributed by atoms with E-state index in [1.165, 1.54) is 21.1 Å². The van der Waals surface area contributed by atoms with Gasteiger partial charge < -0.3 is 40.0 Å². The van der Waals surface area contributed by atoms with Crippen LogP contribution in [0.5, 0.6) is 17.2 Å². The van der Waals surface area contributed by atoms with Gasteiger partial charge in [0.25, 0.3) is 5.91 Å². The van der Waals surface area contributed by atoms with Gasteiger partial charge in [0.05, 0.1) is 36.4 Å². The van der Waals surface area contributed by atoms with Crippen LogP contribution in [-0.4, -0.2) is 86.1 Å². The Hall–Kier alpha value is -5.24. The highest BCUT2D eigenvalue weighted by atomic mass is 16.5. The SMILES string of the molecule is COc1c(C)c(O)c2c(O)c3c4c(nc5cc(C)ccn54)c2c1C(=O)C/C=C/C(OC)C(C)C(OC(C)=O)C(C)C(O)C(C)C(O)C(C)/C=C/C=C(/C)C(=O)N3. The minimum Gasteiger partial charge on any atom is -0.507 e. The van der Waals surface area contributed by atoms with Crippen molar-refractivity contribution in [2.45, 2.75) is 86.2 Å². The second kappa shape index (κ2) is 16.9. The third-order valence-electron chi connectivity index (χ3n) is 11.1. The average Bonchev–Trinajstić information content (AvgIpc) is 3.54. The second-order valence-corrected chi connectivity index (χ2v) is 15.0. The van der Waals surface area contributed by atoms with E-state index in [-0.39, 0.29) is 62.1 Å². The van der Waals surface area contributed by atoms with Crippen molar-refractivity contribution < 1.29 is 49.0 Å². The van der Waals surface area contributed by atoms with Gasteiger partial charge in [0, 0.05) is 66.8 Å². The number of aromatic hydroxyl groups is 2. The van der Waals surface area contributed by atoms with Gasteiger partial charge in [0.15, 0.2) is 11.5 Å². The smallest absolute Gasteiger partial charge is 0.302 e. The molecule has 8 unspecified atom stereocenters. The van der Waals surface area contributed by atoms with Crippen molar-refractivity contribution in [1.82, 2.24) is 9.38 Å². The van der Waals surface area contributed by atoms with Crippen molar-refractivity contribution in [3.63, 3.8) is 0 Å². The number of hydrogen-bond donors (Lipinski definition) is 5. The molecule has 5 N–H and O–H groups in total. The van der Waals surface area contributed by atoms with E-state index in [1.54, 1.807) is 75.6 Å². The third kappa shape index (κ3) is 7.75. The van der Waals surface area contributed by atoms with Crippen molar-refractivity contribution >= 4 is 50.8 Å². The summed E-state index contributed by atoms with van der Waals surface area (Å²) in [6, 6.07) is 3.66. The molecule has 13 heteroatoms. The maximum Gasteiger partial charge on any atom is 0.302 e. The minimum absolute atomic E-state index is 0.0258. The van der Waals surface area contributed by atoms with Gasteiger partial charge >= 0.3 is 5.97 Å². The van der Waals surface area contributed by atoms with Gasteiger partial charge in [-0.25, -0.2) is 4.98 Å². The standard InChI is InChI=1S/C43H53N3O10/c1-20-17-18-46-30(19-20)44-34-32-31-28(48)15-12-16-29(54-9)23(4)41(56-27(8)47)25(6)38(50)24(5)37(49)21(2)13-11-14-22(3)43(53)45-35(36(34)46)40(52)33(32)39(51)26(7)42(31)55-10/h11-14,16-19,21,23-25,29,37-38,41,49-52H,15H2,1-10H3,(H,45,53)/b13-11+,16-12+,22-14-. The molecule has 5 rings (SSSR count). The van der Waals surface area contributed by atoms with E-state index < -0.39 is 71.5 Å². The number of aryl methyl sites for hydroxylation is 1. The van der Waals surface area contributed by atoms with Crippen LogP contribution in [0.4, 0.5) is 5.69 Å². The molecule has 1 aliphatic rings. The summed E-state index contributed by atoms with van der Waals surface area (Å²) in [4.78, 5) is 45.5. The highest BCUT2D eigenvalue weighted by Crippen LogP contribution is 2.51. The predicted octanol–water partition coefficient (Wildman–Crippen LogP) is 6.47. The quantitative estimate of drug-likeness (QED) is 0.0872. The predicted molar refractivity (Wildman–Crippen MR) is 214 cm³/mol. The molecule has 0 radical (unpaired) electrons. The molecular formula is C43H53N3O10. The summed E-state index contributed by atoms with van der Waals surface area (Å²) in [5, 5.41) is 49.4. The Morgan fingerprint density at radius 2 is 1.64 bits per heavy atom. The number of hydrogen-bond acceptors (Lipinski definition) is 11. The summed E-state index contributed by atoms with van der Waals surface area (Å²) < 4.78 is 19.1. The number of carbonyl (C=O) groups excluding carboxylic acids is 3. The Labute approximate surface area is 326 Å². The topological polar surface area (TPSA) is 189 Å². The van der Waals surface area contributed by atoms with Crippen LogP contribution < -0.4 is 10.1 Å². The van der Waals surface area contributed by atoms with E-state index in [9.17, 15) is 34.8 Å². The lowest BCUT2D eigenvalue weighted by atomic mass is 9.78. The largest absolute Gasteiger partial charge is 0.507 e. The summed E-state index contributed by atoms with van der Waals surface area (Å²) in [6.07, 6.45) is 6.16. The number of fused-ring (bicyclic) bond motifs is 1. The first-order valence-electron chi connectivity index (χ1n) is 18.7. The Kier molecular flexibility index (Phi) is 12.6. The Balaban J connectivity index is 1.80. The molecule has 0 saturated heterocycles. The van der Waals surface area contributed by atoms with Gasteiger partial charge in [-0.3, -0.25) is 18.8 Å². The highest BCUT2D eigenvalue weighted by Gasteiger charge is 2.39. The fourth-order valence-corrected chi connectivity index (χ4v) is 7.83. The number of methoxy groups -OCH3 is 2. The number of imidazole rings is 1. The summed E-state index contributed by atoms with van der Waals surface area (Å²) in [5.41, 5.74) is 2.37. The van der Waals surface area contributed by atoms with E-state index in [4.69, 9.17) is 19.2 Å². The number of esters is 1. The number of ether oxygens (including phenoxy) is 3. The molecule has 1 amide bonds. The number of carbonyl (C=O) groups is 3. The van der Waals surface area contributed by atoms with Gasteiger partial charge in [-0.2, -0.15) is 0 Å². The number of pyridine rings is 1. The Morgan fingerprint density at radius 3 is 2.29 bits per heavy atom. The number of aliphatic hydroxyl groups is 2. The second-order valence-electron chi connectivity index (χ2n) is 15.0. The van der Waals surface area contributed by atoms with Crippen molar-refractivity contribution in [3.8, 4) is 17.2 Å². The third-order valence-corrected chi connectivity index (χ3v) is 11.1. The molecule has 8 atom stereocenters. The summed E-state index contributed by atoms with van der Waals surface area (Å²) >= 11 is 0. The zero-order chi connectivity index (χ0) is 41.3. The Morgan fingerprint density at radius 1 is 0.946 bits per heavy atom. The van der Waals surface area contributed by atoms with E-state index >= 15 is 0 Å². The van der Waals surface area contributed by atoms with E-state index in [1.807, 2.05) is 26.0 Å². The summed E-state index contributed by atoms with van der Waals surface area (Å²) in [5.74, 6) is -4.54. The molecule has 0 spiro atoms. The molecule has 0 saturated carbocycles. The summed E-state index contributed by atoms with van der Waals surface area (Å²) in [6.45, 7) is 13.4. The molecule has 1 aliphatic heterocycles. The maximum atomic E-state index is 14.5. The fraction of sp³-hybridized carbons (Fsp3) is 0.442. The maximum absolute atomic E-state index is 14.5. The molecule has 0 fully saturated rings. The van der Waals surface area contributed by atoms with E-state index in [0.29, 0.717) is 5.65 Å². The molecule has 2 bridgehead atoms. The number of aliphatic hydroxyl groups excluding tert-OH is 2.